The number of hydrogen-bond donors (Lipinski definition) is 3. The summed E-state index contributed by atoms with van der Waals surface area (Å²) in [7, 11) is 0. The topological polar surface area (TPSA) is 131 Å². The summed E-state index contributed by atoms with van der Waals surface area (Å²) in [6.07, 6.45) is 3.28. The van der Waals surface area contributed by atoms with Crippen LogP contribution >= 0.6 is 11.3 Å². The number of ether oxygens (including phenoxy) is 1. The van der Waals surface area contributed by atoms with Crippen LogP contribution in [0.15, 0.2) is 29.9 Å². The van der Waals surface area contributed by atoms with Crippen molar-refractivity contribution in [2.75, 3.05) is 31.6 Å². The van der Waals surface area contributed by atoms with Gasteiger partial charge in [0.2, 0.25) is 0 Å². The van der Waals surface area contributed by atoms with Crippen molar-refractivity contribution in [3.63, 3.8) is 0 Å². The first-order valence-electron chi connectivity index (χ1n) is 10.3. The number of carboxylic acid groups (broad SMARTS) is 1. The van der Waals surface area contributed by atoms with Crippen molar-refractivity contribution in [1.82, 2.24) is 14.9 Å². The highest BCUT2D eigenvalue weighted by Crippen LogP contribution is 2.31. The second-order valence-electron chi connectivity index (χ2n) is 7.80. The molecule has 0 spiro atoms. The van der Waals surface area contributed by atoms with E-state index >= 15 is 0 Å². The number of carbonyl (C=O) groups is 2. The van der Waals surface area contributed by atoms with Crippen molar-refractivity contribution < 1.29 is 19.4 Å². The molecule has 5 rings (SSSR count). The number of urea groups is 1. The molecule has 0 bridgehead atoms. The molecule has 4 N–H and O–H groups in total. The van der Waals surface area contributed by atoms with Gasteiger partial charge in [-0.1, -0.05) is 6.07 Å². The highest BCUT2D eigenvalue weighted by molar-refractivity contribution is 7.17. The number of rotatable bonds is 3. The Morgan fingerprint density at radius 3 is 2.66 bits per heavy atom. The van der Waals surface area contributed by atoms with Crippen LogP contribution in [-0.2, 0) is 17.6 Å². The fourth-order valence-corrected chi connectivity index (χ4v) is 4.85. The Morgan fingerprint density at radius 1 is 1.22 bits per heavy atom. The van der Waals surface area contributed by atoms with Crippen molar-refractivity contribution in [1.29, 1.82) is 0 Å². The van der Waals surface area contributed by atoms with Crippen LogP contribution in [0.25, 0.3) is 10.2 Å². The van der Waals surface area contributed by atoms with Gasteiger partial charge in [-0.15, -0.1) is 11.3 Å². The second-order valence-corrected chi connectivity index (χ2v) is 8.66. The predicted molar refractivity (Wildman–Crippen MR) is 122 cm³/mol. The third-order valence-electron chi connectivity index (χ3n) is 5.60. The number of nitrogens with two attached hydrogens (primary N) is 1. The Kier molecular flexibility index (Phi) is 6.52. The lowest BCUT2D eigenvalue weighted by Crippen LogP contribution is -2.43. The monoisotopic (exact) mass is 455 g/mol. The van der Waals surface area contributed by atoms with Crippen LogP contribution in [0.1, 0.15) is 27.0 Å². The molecule has 1 aliphatic heterocycles. The lowest BCUT2D eigenvalue weighted by Gasteiger charge is -2.24. The van der Waals surface area contributed by atoms with Gasteiger partial charge in [0.1, 0.15) is 17.0 Å². The number of carboxylic acids is 1. The lowest BCUT2D eigenvalue weighted by molar-refractivity contribution is 0.0554. The van der Waals surface area contributed by atoms with Crippen molar-refractivity contribution in [2.45, 2.75) is 25.8 Å². The zero-order valence-corrected chi connectivity index (χ0v) is 18.5. The summed E-state index contributed by atoms with van der Waals surface area (Å²) in [6, 6.07) is 5.26. The van der Waals surface area contributed by atoms with E-state index in [1.165, 1.54) is 11.1 Å². The Hall–Kier alpha value is -3.24. The molecule has 9 nitrogen and oxygen atoms in total. The number of thiophene rings is 1. The number of morpholine rings is 1. The first-order chi connectivity index (χ1) is 15.4. The number of aromatic nitrogens is 2. The average Bonchev–Trinajstić information content (AvgIpc) is 3.37. The highest BCUT2D eigenvalue weighted by Gasteiger charge is 2.23. The van der Waals surface area contributed by atoms with E-state index in [1.807, 2.05) is 6.07 Å². The van der Waals surface area contributed by atoms with E-state index in [1.54, 1.807) is 34.7 Å². The van der Waals surface area contributed by atoms with Gasteiger partial charge in [-0.25, -0.2) is 19.6 Å². The number of amides is 2. The maximum absolute atomic E-state index is 11.1. The van der Waals surface area contributed by atoms with E-state index in [9.17, 15) is 9.59 Å². The van der Waals surface area contributed by atoms with Gasteiger partial charge in [-0.05, 0) is 54.0 Å². The molecule has 1 unspecified atom stereocenters. The SMILES string of the molecule is Cc1csc2ncnc(NC3Cc4ccc(C(=O)O)cc4C3)c12.NC(=O)N1CCOCC1. The molecule has 2 aromatic heterocycles. The van der Waals surface area contributed by atoms with Crippen molar-refractivity contribution in [3.05, 3.63) is 52.2 Å². The van der Waals surface area contributed by atoms with E-state index < -0.39 is 5.97 Å². The van der Waals surface area contributed by atoms with Gasteiger partial charge in [0.05, 0.1) is 24.2 Å². The maximum Gasteiger partial charge on any atom is 0.335 e. The van der Waals surface area contributed by atoms with E-state index in [-0.39, 0.29) is 12.1 Å². The third kappa shape index (κ3) is 4.81. The molecule has 0 saturated carbocycles. The van der Waals surface area contributed by atoms with Gasteiger partial charge in [-0.3, -0.25) is 0 Å². The van der Waals surface area contributed by atoms with Crippen molar-refractivity contribution in [3.8, 4) is 0 Å². The second kappa shape index (κ2) is 9.49. The normalized spacial score (nSPS) is 17.4. The smallest absolute Gasteiger partial charge is 0.335 e. The van der Waals surface area contributed by atoms with Gasteiger partial charge >= 0.3 is 12.0 Å². The number of nitrogens with zero attached hydrogens (tertiary/aromatic N) is 3. The van der Waals surface area contributed by atoms with Crippen molar-refractivity contribution >= 4 is 39.4 Å². The number of nitrogens with one attached hydrogen (secondary N) is 1. The number of carbonyl (C=O) groups excluding carboxylic acids is 1. The van der Waals surface area contributed by atoms with E-state index in [0.29, 0.717) is 31.9 Å². The summed E-state index contributed by atoms with van der Waals surface area (Å²) in [4.78, 5) is 32.8. The van der Waals surface area contributed by atoms with Crippen LogP contribution in [0.5, 0.6) is 0 Å². The van der Waals surface area contributed by atoms with Gasteiger partial charge < -0.3 is 25.8 Å². The minimum Gasteiger partial charge on any atom is -0.478 e. The molecule has 1 saturated heterocycles. The van der Waals surface area contributed by atoms with Crippen LogP contribution in [-0.4, -0.2) is 64.3 Å². The quantitative estimate of drug-likeness (QED) is 0.553. The number of anilines is 1. The molecular formula is C22H25N5O4S. The van der Waals surface area contributed by atoms with E-state index in [4.69, 9.17) is 15.6 Å². The Bertz CT molecular complexity index is 1140. The lowest BCUT2D eigenvalue weighted by atomic mass is 10.1. The number of aromatic carboxylic acids is 1. The van der Waals surface area contributed by atoms with Crippen LogP contribution in [0.4, 0.5) is 10.6 Å². The van der Waals surface area contributed by atoms with Crippen LogP contribution in [0.2, 0.25) is 0 Å². The molecule has 10 heteroatoms. The zero-order valence-electron chi connectivity index (χ0n) is 17.7. The standard InChI is InChI=1S/C17H15N3O2S.C5H10N2O2/c1-9-7-23-16-14(9)15(18-8-19-16)20-13-5-10-2-3-11(17(21)22)4-12(10)6-13;6-5(8)7-1-3-9-4-2-7/h2-4,7-8,13H,5-6H2,1H3,(H,21,22)(H,18,19,20);1-4H2,(H2,6,8). The summed E-state index contributed by atoms with van der Waals surface area (Å²) in [5.41, 5.74) is 8.84. The molecule has 2 amide bonds. The third-order valence-corrected chi connectivity index (χ3v) is 6.61. The van der Waals surface area contributed by atoms with E-state index in [0.717, 1.165) is 34.4 Å². The first-order valence-corrected chi connectivity index (χ1v) is 11.2. The van der Waals surface area contributed by atoms with Crippen LogP contribution in [0, 0.1) is 6.92 Å². The molecule has 1 aromatic carbocycles. The van der Waals surface area contributed by atoms with Gasteiger partial charge in [-0.2, -0.15) is 0 Å². The van der Waals surface area contributed by atoms with E-state index in [2.05, 4.69) is 27.6 Å². The Morgan fingerprint density at radius 2 is 1.97 bits per heavy atom. The number of benzene rings is 1. The summed E-state index contributed by atoms with van der Waals surface area (Å²) >= 11 is 1.62. The molecule has 1 fully saturated rings. The zero-order chi connectivity index (χ0) is 22.7. The first kappa shape index (κ1) is 22.0. The number of primary amides is 1. The minimum absolute atomic E-state index is 0.228. The molecule has 0 radical (unpaired) electrons. The molecule has 168 valence electrons. The summed E-state index contributed by atoms with van der Waals surface area (Å²) in [6.45, 7) is 4.56. The Labute approximate surface area is 189 Å². The van der Waals surface area contributed by atoms with Crippen molar-refractivity contribution in [2.24, 2.45) is 5.73 Å². The largest absolute Gasteiger partial charge is 0.478 e. The number of aryl methyl sites for hydroxylation is 1. The van der Waals surface area contributed by atoms with Gasteiger partial charge in [0.25, 0.3) is 0 Å². The predicted octanol–water partition coefficient (Wildman–Crippen LogP) is 2.67. The average molecular weight is 456 g/mol. The maximum atomic E-state index is 11.1. The van der Waals surface area contributed by atoms with Gasteiger partial charge in [0, 0.05) is 19.1 Å². The van der Waals surface area contributed by atoms with Crippen LogP contribution in [0.3, 0.4) is 0 Å². The molecule has 1 aliphatic carbocycles. The molecule has 1 atom stereocenters. The minimum atomic E-state index is -0.879. The fourth-order valence-electron chi connectivity index (χ4n) is 3.96. The van der Waals surface area contributed by atoms with Crippen LogP contribution < -0.4 is 11.1 Å². The van der Waals surface area contributed by atoms with Gasteiger partial charge in [0.15, 0.2) is 0 Å². The Balaban J connectivity index is 0.000000230. The molecular weight excluding hydrogens is 430 g/mol. The summed E-state index contributed by atoms with van der Waals surface area (Å²) < 4.78 is 5.00. The molecule has 32 heavy (non-hydrogen) atoms. The fraction of sp³-hybridized carbons (Fsp3) is 0.364. The molecule has 3 heterocycles. The number of hydrogen-bond acceptors (Lipinski definition) is 7. The summed E-state index contributed by atoms with van der Waals surface area (Å²) in [5.74, 6) is -0.0133. The summed E-state index contributed by atoms with van der Waals surface area (Å²) in [5, 5.41) is 15.8. The number of fused-ring (bicyclic) bond motifs is 2. The molecule has 2 aliphatic rings. The highest BCUT2D eigenvalue weighted by atomic mass is 32.1. The molecule has 3 aromatic rings.